The van der Waals surface area contributed by atoms with Crippen LogP contribution < -0.4 is 9.47 Å². The lowest BCUT2D eigenvalue weighted by Gasteiger charge is -2.14. The Morgan fingerprint density at radius 3 is 2.67 bits per heavy atom. The molecule has 0 N–H and O–H groups in total. The Morgan fingerprint density at radius 1 is 1.14 bits per heavy atom. The van der Waals surface area contributed by atoms with E-state index in [9.17, 15) is 4.79 Å². The molecule has 1 saturated heterocycles. The average molecular weight is 296 g/mol. The molecule has 21 heavy (non-hydrogen) atoms. The predicted octanol–water partition coefficient (Wildman–Crippen LogP) is 2.70. The van der Waals surface area contributed by atoms with Crippen molar-refractivity contribution in [2.75, 3.05) is 11.4 Å². The summed E-state index contributed by atoms with van der Waals surface area (Å²) in [5, 5.41) is 0.940. The second-order valence-electron chi connectivity index (χ2n) is 5.08. The van der Waals surface area contributed by atoms with Crippen molar-refractivity contribution >= 4 is 33.1 Å². The van der Waals surface area contributed by atoms with Crippen molar-refractivity contribution in [1.29, 1.82) is 0 Å². The van der Waals surface area contributed by atoms with Gasteiger partial charge in [0.05, 0.1) is 22.8 Å². The summed E-state index contributed by atoms with van der Waals surface area (Å²) in [5.41, 5.74) is 1.98. The standard InChI is InChI=1S/C16H14N3OS/c20-15-6-3-9-19(15)12-7-10-18(11-8-12)16-17-13-4-1-2-5-14(13)21-16/h1-2,4-5,7-8,10-11H,3,6,9H2/q+1. The maximum absolute atomic E-state index is 11.8. The van der Waals surface area contributed by atoms with E-state index in [0.29, 0.717) is 6.42 Å². The maximum Gasteiger partial charge on any atom is 0.388 e. The van der Waals surface area contributed by atoms with E-state index >= 15 is 0 Å². The van der Waals surface area contributed by atoms with E-state index < -0.39 is 0 Å². The Kier molecular flexibility index (Phi) is 2.93. The number of amides is 1. The molecule has 1 fully saturated rings. The average Bonchev–Trinajstić information content (AvgIpc) is 3.13. The van der Waals surface area contributed by atoms with E-state index in [4.69, 9.17) is 0 Å². The molecule has 104 valence electrons. The minimum Gasteiger partial charge on any atom is -0.312 e. The fourth-order valence-corrected chi connectivity index (χ4v) is 3.55. The quantitative estimate of drug-likeness (QED) is 0.682. The molecule has 2 aromatic heterocycles. The van der Waals surface area contributed by atoms with Crippen LogP contribution in [0.1, 0.15) is 12.8 Å². The van der Waals surface area contributed by atoms with Gasteiger partial charge in [0, 0.05) is 25.1 Å². The highest BCUT2D eigenvalue weighted by molar-refractivity contribution is 7.20. The van der Waals surface area contributed by atoms with E-state index in [2.05, 4.69) is 11.1 Å². The fraction of sp³-hybridized carbons (Fsp3) is 0.188. The largest absolute Gasteiger partial charge is 0.388 e. The number of nitrogens with zero attached hydrogens (tertiary/aromatic N) is 3. The van der Waals surface area contributed by atoms with Crippen LogP contribution in [0, 0.1) is 0 Å². The van der Waals surface area contributed by atoms with Crippen molar-refractivity contribution in [3.8, 4) is 5.13 Å². The molecule has 5 heteroatoms. The van der Waals surface area contributed by atoms with Gasteiger partial charge in [-0.3, -0.25) is 4.79 Å². The number of pyridine rings is 1. The lowest BCUT2D eigenvalue weighted by molar-refractivity contribution is -0.595. The Hall–Kier alpha value is -2.27. The van der Waals surface area contributed by atoms with Gasteiger partial charge in [0.15, 0.2) is 5.52 Å². The van der Waals surface area contributed by atoms with Crippen LogP contribution in [0.4, 0.5) is 5.69 Å². The number of carbonyl (C=O) groups is 1. The summed E-state index contributed by atoms with van der Waals surface area (Å²) >= 11 is 1.66. The molecule has 0 unspecified atom stereocenters. The van der Waals surface area contributed by atoms with Crippen LogP contribution in [-0.4, -0.2) is 17.4 Å². The van der Waals surface area contributed by atoms with Crippen LogP contribution in [0.3, 0.4) is 0 Å². The normalized spacial score (nSPS) is 15.0. The highest BCUT2D eigenvalue weighted by Gasteiger charge is 2.22. The smallest absolute Gasteiger partial charge is 0.312 e. The van der Waals surface area contributed by atoms with Crippen LogP contribution in [0.2, 0.25) is 0 Å². The second kappa shape index (κ2) is 4.93. The first-order valence-electron chi connectivity index (χ1n) is 6.99. The van der Waals surface area contributed by atoms with Crippen LogP contribution in [0.15, 0.2) is 48.8 Å². The number of rotatable bonds is 2. The third-order valence-electron chi connectivity index (χ3n) is 3.70. The summed E-state index contributed by atoms with van der Waals surface area (Å²) in [6.45, 7) is 0.823. The van der Waals surface area contributed by atoms with Gasteiger partial charge in [-0.2, -0.15) is 4.57 Å². The van der Waals surface area contributed by atoms with Crippen LogP contribution in [-0.2, 0) is 4.79 Å². The third kappa shape index (κ3) is 2.19. The van der Waals surface area contributed by atoms with Gasteiger partial charge in [0.2, 0.25) is 5.91 Å². The highest BCUT2D eigenvalue weighted by Crippen LogP contribution is 2.23. The van der Waals surface area contributed by atoms with Crippen molar-refractivity contribution in [2.24, 2.45) is 0 Å². The molecule has 1 amide bonds. The third-order valence-corrected chi connectivity index (χ3v) is 4.75. The molecule has 1 aliphatic heterocycles. The molecular formula is C16H14N3OS+. The van der Waals surface area contributed by atoms with Gasteiger partial charge in [0.25, 0.3) is 0 Å². The van der Waals surface area contributed by atoms with Gasteiger partial charge in [-0.05, 0) is 34.9 Å². The lowest BCUT2D eigenvalue weighted by atomic mass is 10.3. The van der Waals surface area contributed by atoms with Crippen molar-refractivity contribution in [3.63, 3.8) is 0 Å². The number of carbonyl (C=O) groups excluding carboxylic acids is 1. The Balaban J connectivity index is 1.68. The van der Waals surface area contributed by atoms with Gasteiger partial charge >= 0.3 is 5.13 Å². The van der Waals surface area contributed by atoms with Crippen molar-refractivity contribution in [2.45, 2.75) is 12.8 Å². The molecule has 4 rings (SSSR count). The predicted molar refractivity (Wildman–Crippen MR) is 82.7 cm³/mol. The van der Waals surface area contributed by atoms with Gasteiger partial charge in [-0.25, -0.2) is 0 Å². The summed E-state index contributed by atoms with van der Waals surface area (Å²) in [7, 11) is 0. The number of thiazole rings is 1. The molecule has 4 nitrogen and oxygen atoms in total. The number of anilines is 1. The maximum atomic E-state index is 11.8. The molecule has 0 atom stereocenters. The van der Waals surface area contributed by atoms with E-state index in [-0.39, 0.29) is 5.91 Å². The summed E-state index contributed by atoms with van der Waals surface area (Å²) < 4.78 is 3.17. The zero-order chi connectivity index (χ0) is 14.2. The minimum absolute atomic E-state index is 0.215. The monoisotopic (exact) mass is 296 g/mol. The number of hydrogen-bond donors (Lipinski definition) is 0. The fourth-order valence-electron chi connectivity index (χ4n) is 2.62. The molecule has 3 heterocycles. The highest BCUT2D eigenvalue weighted by atomic mass is 32.1. The molecule has 1 aliphatic rings. The first kappa shape index (κ1) is 12.5. The number of para-hydroxylation sites is 1. The first-order chi connectivity index (χ1) is 10.3. The second-order valence-corrected chi connectivity index (χ2v) is 6.09. The molecule has 0 bridgehead atoms. The molecule has 0 aliphatic carbocycles. The number of hydrogen-bond acceptors (Lipinski definition) is 3. The van der Waals surface area contributed by atoms with Gasteiger partial charge < -0.3 is 4.90 Å². The van der Waals surface area contributed by atoms with E-state index in [0.717, 1.165) is 29.3 Å². The van der Waals surface area contributed by atoms with E-state index in [1.807, 2.05) is 52.2 Å². The number of benzene rings is 1. The summed E-state index contributed by atoms with van der Waals surface area (Å²) in [6, 6.07) is 12.1. The van der Waals surface area contributed by atoms with E-state index in [1.165, 1.54) is 4.70 Å². The Labute approximate surface area is 126 Å². The van der Waals surface area contributed by atoms with Crippen molar-refractivity contribution < 1.29 is 9.36 Å². The first-order valence-corrected chi connectivity index (χ1v) is 7.80. The van der Waals surface area contributed by atoms with Gasteiger partial charge in [-0.1, -0.05) is 12.1 Å². The molecule has 0 spiro atoms. The number of fused-ring (bicyclic) bond motifs is 1. The van der Waals surface area contributed by atoms with Crippen LogP contribution >= 0.6 is 11.3 Å². The molecule has 1 aromatic carbocycles. The van der Waals surface area contributed by atoms with Crippen molar-refractivity contribution in [1.82, 2.24) is 4.98 Å². The van der Waals surface area contributed by atoms with Gasteiger partial charge in [-0.15, -0.1) is 0 Å². The zero-order valence-corrected chi connectivity index (χ0v) is 12.2. The van der Waals surface area contributed by atoms with Crippen molar-refractivity contribution in [3.05, 3.63) is 48.8 Å². The summed E-state index contributed by atoms with van der Waals surface area (Å²) in [6.07, 6.45) is 5.55. The van der Waals surface area contributed by atoms with Crippen LogP contribution in [0.25, 0.3) is 15.3 Å². The zero-order valence-electron chi connectivity index (χ0n) is 11.4. The Bertz CT molecular complexity index is 777. The lowest BCUT2D eigenvalue weighted by Crippen LogP contribution is -2.31. The topological polar surface area (TPSA) is 37.1 Å². The SMILES string of the molecule is O=C1CCCN1c1cc[n+](-c2nc3ccccc3s2)cc1. The summed E-state index contributed by atoms with van der Waals surface area (Å²) in [5.74, 6) is 0.215. The Morgan fingerprint density at radius 2 is 1.95 bits per heavy atom. The molecular weight excluding hydrogens is 282 g/mol. The minimum atomic E-state index is 0.215. The molecule has 3 aromatic rings. The molecule has 0 saturated carbocycles. The van der Waals surface area contributed by atoms with E-state index in [1.54, 1.807) is 11.3 Å². The van der Waals surface area contributed by atoms with Gasteiger partial charge in [0.1, 0.15) is 0 Å². The number of aromatic nitrogens is 2. The summed E-state index contributed by atoms with van der Waals surface area (Å²) in [4.78, 5) is 18.2. The van der Waals surface area contributed by atoms with Crippen LogP contribution in [0.5, 0.6) is 0 Å². The molecule has 0 radical (unpaired) electrons.